The minimum Gasteiger partial charge on any atom is -0.351 e. The molecule has 5 rings (SSSR count). The van der Waals surface area contributed by atoms with Crippen molar-refractivity contribution in [1.82, 2.24) is 30.1 Å². The number of urea groups is 1. The third kappa shape index (κ3) is 3.54. The first kappa shape index (κ1) is 19.3. The number of nitrogens with zero attached hydrogens (tertiary/aromatic N) is 5. The number of carbonyl (C=O) groups excluding carboxylic acids is 2. The molecule has 2 aromatic heterocycles. The first-order chi connectivity index (χ1) is 15.0. The molecule has 0 radical (unpaired) electrons. The van der Waals surface area contributed by atoms with Gasteiger partial charge in [-0.25, -0.2) is 4.79 Å². The Kier molecular flexibility index (Phi) is 4.68. The van der Waals surface area contributed by atoms with Gasteiger partial charge in [-0.15, -0.1) is 0 Å². The zero-order valence-electron chi connectivity index (χ0n) is 17.1. The average molecular weight is 421 g/mol. The minimum absolute atomic E-state index is 0.0505. The number of benzene rings is 1. The number of rotatable bonds is 5. The van der Waals surface area contributed by atoms with E-state index in [9.17, 15) is 9.59 Å². The summed E-state index contributed by atoms with van der Waals surface area (Å²) in [7, 11) is 0. The monoisotopic (exact) mass is 421 g/mol. The molecule has 0 bridgehead atoms. The molecule has 3 heterocycles. The van der Waals surface area contributed by atoms with Gasteiger partial charge in [0.05, 0.1) is 23.8 Å². The lowest BCUT2D eigenvalue weighted by Crippen LogP contribution is -2.52. The summed E-state index contributed by atoms with van der Waals surface area (Å²) in [6.45, 7) is 2.99. The number of likely N-dealkylation sites (tertiary alicyclic amines) is 1. The Labute approximate surface area is 178 Å². The smallest absolute Gasteiger partial charge is 0.314 e. The third-order valence-electron chi connectivity index (χ3n) is 5.97. The second kappa shape index (κ2) is 7.53. The number of amides is 3. The first-order valence-electron chi connectivity index (χ1n) is 10.4. The highest BCUT2D eigenvalue weighted by Gasteiger charge is 2.32. The van der Waals surface area contributed by atoms with Gasteiger partial charge >= 0.3 is 6.03 Å². The van der Waals surface area contributed by atoms with Gasteiger partial charge in [-0.2, -0.15) is 10.1 Å². The van der Waals surface area contributed by atoms with Gasteiger partial charge in [0.15, 0.2) is 0 Å². The van der Waals surface area contributed by atoms with Gasteiger partial charge in [0, 0.05) is 31.3 Å². The number of nitrogens with two attached hydrogens (primary N) is 1. The van der Waals surface area contributed by atoms with Gasteiger partial charge in [-0.3, -0.25) is 9.48 Å². The number of fused-ring (bicyclic) bond motifs is 1. The number of aryl methyl sites for hydroxylation is 2. The number of hydrogen-bond donors (Lipinski definition) is 2. The van der Waals surface area contributed by atoms with E-state index in [4.69, 9.17) is 10.3 Å². The zero-order valence-corrected chi connectivity index (χ0v) is 17.1. The first-order valence-corrected chi connectivity index (χ1v) is 10.4. The molecule has 1 aliphatic carbocycles. The second-order valence-corrected chi connectivity index (χ2v) is 7.95. The lowest BCUT2D eigenvalue weighted by atomic mass is 10.0. The van der Waals surface area contributed by atoms with E-state index in [1.54, 1.807) is 17.1 Å². The number of nitrogens with one attached hydrogen (secondary N) is 1. The van der Waals surface area contributed by atoms with E-state index in [2.05, 4.69) is 26.6 Å². The molecule has 3 aromatic rings. The van der Waals surface area contributed by atoms with Crippen LogP contribution in [0.15, 0.2) is 35.1 Å². The SMILES string of the molecule is CCc1nc(-c2ccc3c(c2)CC[C@H]3NC(=O)c2cnn(C3CN(C(N)=O)C3)c2)no1. The highest BCUT2D eigenvalue weighted by Crippen LogP contribution is 2.34. The summed E-state index contributed by atoms with van der Waals surface area (Å²) in [6.07, 6.45) is 5.69. The Hall–Kier alpha value is -3.69. The molecule has 160 valence electrons. The van der Waals surface area contributed by atoms with Crippen molar-refractivity contribution in [2.45, 2.75) is 38.3 Å². The van der Waals surface area contributed by atoms with Gasteiger partial charge in [0.2, 0.25) is 11.7 Å². The van der Waals surface area contributed by atoms with E-state index in [1.807, 2.05) is 19.1 Å². The topological polar surface area (TPSA) is 132 Å². The summed E-state index contributed by atoms with van der Waals surface area (Å²) in [5.74, 6) is 1.04. The van der Waals surface area contributed by atoms with Crippen LogP contribution >= 0.6 is 0 Å². The number of hydrogen-bond acceptors (Lipinski definition) is 6. The molecule has 0 saturated carbocycles. The second-order valence-electron chi connectivity index (χ2n) is 7.95. The Morgan fingerprint density at radius 1 is 1.32 bits per heavy atom. The fourth-order valence-electron chi connectivity index (χ4n) is 4.12. The highest BCUT2D eigenvalue weighted by atomic mass is 16.5. The van der Waals surface area contributed by atoms with Crippen LogP contribution in [0, 0.1) is 0 Å². The van der Waals surface area contributed by atoms with Gasteiger partial charge in [-0.05, 0) is 30.0 Å². The van der Waals surface area contributed by atoms with Gasteiger partial charge in [0.25, 0.3) is 5.91 Å². The Morgan fingerprint density at radius 3 is 2.90 bits per heavy atom. The summed E-state index contributed by atoms with van der Waals surface area (Å²) in [6, 6.07) is 5.64. The Morgan fingerprint density at radius 2 is 2.16 bits per heavy atom. The molecule has 10 heteroatoms. The Balaban J connectivity index is 1.25. The van der Waals surface area contributed by atoms with Crippen molar-refractivity contribution in [1.29, 1.82) is 0 Å². The third-order valence-corrected chi connectivity index (χ3v) is 5.97. The molecule has 31 heavy (non-hydrogen) atoms. The maximum Gasteiger partial charge on any atom is 0.314 e. The summed E-state index contributed by atoms with van der Waals surface area (Å²) >= 11 is 0. The van der Waals surface area contributed by atoms with Crippen LogP contribution in [0.3, 0.4) is 0 Å². The van der Waals surface area contributed by atoms with E-state index in [1.165, 1.54) is 10.5 Å². The lowest BCUT2D eigenvalue weighted by molar-refractivity contribution is 0.0935. The molecule has 3 N–H and O–H groups in total. The molecule has 2 aliphatic rings. The van der Waals surface area contributed by atoms with Crippen LogP contribution < -0.4 is 11.1 Å². The number of carbonyl (C=O) groups is 2. The summed E-state index contributed by atoms with van der Waals surface area (Å²) in [4.78, 5) is 29.8. The van der Waals surface area contributed by atoms with Crippen molar-refractivity contribution in [2.75, 3.05) is 13.1 Å². The van der Waals surface area contributed by atoms with Crippen LogP contribution in [0.5, 0.6) is 0 Å². The van der Waals surface area contributed by atoms with Crippen molar-refractivity contribution in [3.05, 3.63) is 53.2 Å². The van der Waals surface area contributed by atoms with Crippen molar-refractivity contribution < 1.29 is 14.1 Å². The molecular weight excluding hydrogens is 398 g/mol. The molecule has 1 aromatic carbocycles. The summed E-state index contributed by atoms with van der Waals surface area (Å²) in [5.41, 5.74) is 8.97. The Bertz CT molecular complexity index is 1150. The van der Waals surface area contributed by atoms with E-state index >= 15 is 0 Å². The van der Waals surface area contributed by atoms with Crippen LogP contribution in [-0.4, -0.2) is 49.8 Å². The summed E-state index contributed by atoms with van der Waals surface area (Å²) < 4.78 is 6.93. The normalized spacial score (nSPS) is 18.0. The molecule has 10 nitrogen and oxygen atoms in total. The van der Waals surface area contributed by atoms with E-state index in [-0.39, 0.29) is 18.0 Å². The molecular formula is C21H23N7O3. The van der Waals surface area contributed by atoms with Crippen molar-refractivity contribution in [3.8, 4) is 11.4 Å². The van der Waals surface area contributed by atoms with Crippen LogP contribution in [-0.2, 0) is 12.8 Å². The van der Waals surface area contributed by atoms with Gasteiger partial charge in [0.1, 0.15) is 0 Å². The van der Waals surface area contributed by atoms with Crippen molar-refractivity contribution >= 4 is 11.9 Å². The number of aromatic nitrogens is 4. The van der Waals surface area contributed by atoms with Crippen molar-refractivity contribution in [2.24, 2.45) is 5.73 Å². The minimum atomic E-state index is -0.436. The fraction of sp³-hybridized carbons (Fsp3) is 0.381. The van der Waals surface area contributed by atoms with Crippen LogP contribution in [0.2, 0.25) is 0 Å². The highest BCUT2D eigenvalue weighted by molar-refractivity contribution is 5.94. The molecule has 1 saturated heterocycles. The predicted octanol–water partition coefficient (Wildman–Crippen LogP) is 1.85. The zero-order chi connectivity index (χ0) is 21.5. The van der Waals surface area contributed by atoms with E-state index in [0.717, 1.165) is 24.0 Å². The van der Waals surface area contributed by atoms with Gasteiger partial charge in [-0.1, -0.05) is 24.2 Å². The average Bonchev–Trinajstić information content (AvgIpc) is 3.46. The molecule has 1 fully saturated rings. The predicted molar refractivity (Wildman–Crippen MR) is 110 cm³/mol. The van der Waals surface area contributed by atoms with E-state index < -0.39 is 6.03 Å². The molecule has 3 amide bonds. The maximum atomic E-state index is 12.8. The number of primary amides is 1. The van der Waals surface area contributed by atoms with Crippen LogP contribution in [0.25, 0.3) is 11.4 Å². The molecule has 0 spiro atoms. The summed E-state index contributed by atoms with van der Waals surface area (Å²) in [5, 5.41) is 11.4. The maximum absolute atomic E-state index is 12.8. The van der Waals surface area contributed by atoms with Crippen LogP contribution in [0.1, 0.15) is 52.8 Å². The lowest BCUT2D eigenvalue weighted by Gasteiger charge is -2.37. The molecule has 1 aliphatic heterocycles. The molecule has 1 atom stereocenters. The molecule has 0 unspecified atom stereocenters. The van der Waals surface area contributed by atoms with Crippen molar-refractivity contribution in [3.63, 3.8) is 0 Å². The van der Waals surface area contributed by atoms with E-state index in [0.29, 0.717) is 36.8 Å². The quantitative estimate of drug-likeness (QED) is 0.646. The van der Waals surface area contributed by atoms with Crippen LogP contribution in [0.4, 0.5) is 4.79 Å². The van der Waals surface area contributed by atoms with Gasteiger partial charge < -0.3 is 20.5 Å². The fourth-order valence-corrected chi connectivity index (χ4v) is 4.12. The largest absolute Gasteiger partial charge is 0.351 e. The standard InChI is InChI=1S/C21H23N7O3/c1-2-18-25-19(26-31-18)13-3-5-16-12(7-13)4-6-17(16)24-20(29)14-8-23-28(9-14)15-10-27(11-15)21(22)30/h3,5,7-9,15,17H,2,4,6,10-11H2,1H3,(H2,22,30)(H,24,29)/t17-/m1/s1.